The monoisotopic (exact) mass is 834 g/mol. The number of hydrazine groups is 1. The molecule has 11 nitrogen and oxygen atoms in total. The predicted molar refractivity (Wildman–Crippen MR) is 222 cm³/mol. The number of phenolic OH excluding ortho intramolecular Hbond substituents is 1. The van der Waals surface area contributed by atoms with E-state index in [1.165, 1.54) is 23.6 Å². The van der Waals surface area contributed by atoms with E-state index in [0.29, 0.717) is 46.8 Å². The first-order chi connectivity index (χ1) is 28.5. The lowest BCUT2D eigenvalue weighted by molar-refractivity contribution is -0.144. The Balaban J connectivity index is 1.13. The normalized spacial score (nSPS) is 27.0. The van der Waals surface area contributed by atoms with E-state index in [2.05, 4.69) is 22.5 Å². The maximum absolute atomic E-state index is 15.5. The number of allylic oxidation sites excluding steroid dienone is 2. The minimum atomic E-state index is -1.55. The lowest BCUT2D eigenvalue weighted by atomic mass is 9.49. The molecule has 2 N–H and O–H groups in total. The van der Waals surface area contributed by atoms with Crippen molar-refractivity contribution in [1.29, 1.82) is 0 Å². The Morgan fingerprint density at radius 1 is 0.831 bits per heavy atom. The molecule has 6 atom stereocenters. The van der Waals surface area contributed by atoms with Crippen molar-refractivity contribution in [2.45, 2.75) is 49.6 Å². The fourth-order valence-electron chi connectivity index (χ4n) is 10.7. The third kappa shape index (κ3) is 6.36. The molecule has 2 aliphatic carbocycles. The average molecular weight is 836 g/mol. The number of likely N-dealkylation sites (tertiary alicyclic amines) is 2. The molecule has 0 radical (unpaired) electrons. The lowest BCUT2D eigenvalue weighted by Crippen LogP contribution is -2.53. The molecule has 5 aliphatic rings. The molecule has 13 heteroatoms. The third-order valence-electron chi connectivity index (χ3n) is 13.3. The maximum Gasteiger partial charge on any atom is 0.260 e. The first-order valence-corrected chi connectivity index (χ1v) is 20.7. The molecule has 4 aromatic rings. The van der Waals surface area contributed by atoms with E-state index in [1.807, 2.05) is 24.3 Å². The van der Waals surface area contributed by atoms with E-state index in [4.69, 9.17) is 32.7 Å². The largest absolute Gasteiger partial charge is 0.504 e. The van der Waals surface area contributed by atoms with Crippen LogP contribution in [0.3, 0.4) is 0 Å². The van der Waals surface area contributed by atoms with Gasteiger partial charge in [0.15, 0.2) is 11.5 Å². The number of benzene rings is 4. The van der Waals surface area contributed by atoms with Gasteiger partial charge >= 0.3 is 0 Å². The fourth-order valence-corrected chi connectivity index (χ4v) is 11.1. The third-order valence-corrected chi connectivity index (χ3v) is 13.9. The van der Waals surface area contributed by atoms with Crippen molar-refractivity contribution in [2.24, 2.45) is 23.7 Å². The number of rotatable bonds is 9. The Morgan fingerprint density at radius 2 is 1.58 bits per heavy atom. The van der Waals surface area contributed by atoms with Crippen LogP contribution in [-0.4, -0.2) is 76.9 Å². The molecule has 3 heterocycles. The lowest BCUT2D eigenvalue weighted by Gasteiger charge is -2.50. The van der Waals surface area contributed by atoms with Crippen LogP contribution in [0.15, 0.2) is 103 Å². The molecule has 304 valence electrons. The summed E-state index contributed by atoms with van der Waals surface area (Å²) in [4.78, 5) is 63.7. The number of fused-ring (bicyclic) bond motifs is 4. The second kappa shape index (κ2) is 15.3. The number of piperidine rings is 1. The highest BCUT2D eigenvalue weighted by molar-refractivity contribution is 6.36. The molecular weight excluding hydrogens is 791 g/mol. The number of nitrogens with zero attached hydrogens (tertiary/aromatic N) is 3. The Hall–Kier alpha value is -5.36. The van der Waals surface area contributed by atoms with Gasteiger partial charge in [-0.3, -0.25) is 34.4 Å². The predicted octanol–water partition coefficient (Wildman–Crippen LogP) is 7.37. The zero-order valence-corrected chi connectivity index (χ0v) is 34.2. The van der Waals surface area contributed by atoms with Crippen LogP contribution in [0.2, 0.25) is 10.0 Å². The van der Waals surface area contributed by atoms with Crippen molar-refractivity contribution in [3.63, 3.8) is 0 Å². The number of hydrogen-bond donors (Lipinski definition) is 2. The van der Waals surface area contributed by atoms with E-state index < -0.39 is 46.8 Å². The highest BCUT2D eigenvalue weighted by Gasteiger charge is 2.70. The number of carbonyl (C=O) groups excluding carboxylic acids is 4. The quantitative estimate of drug-likeness (QED) is 0.131. The number of halogens is 2. The molecule has 0 bridgehead atoms. The van der Waals surface area contributed by atoms with Crippen LogP contribution in [-0.2, 0) is 31.1 Å². The smallest absolute Gasteiger partial charge is 0.260 e. The van der Waals surface area contributed by atoms with Crippen LogP contribution in [0.25, 0.3) is 0 Å². The van der Waals surface area contributed by atoms with Gasteiger partial charge in [0.25, 0.3) is 11.8 Å². The minimum Gasteiger partial charge on any atom is -0.504 e. The first-order valence-electron chi connectivity index (χ1n) is 20.0. The van der Waals surface area contributed by atoms with Crippen molar-refractivity contribution in [1.82, 2.24) is 14.8 Å². The van der Waals surface area contributed by atoms with Gasteiger partial charge < -0.3 is 14.6 Å². The molecule has 4 aromatic carbocycles. The highest BCUT2D eigenvalue weighted by atomic mass is 35.5. The maximum atomic E-state index is 15.5. The number of nitrogens with one attached hydrogen (secondary N) is 1. The van der Waals surface area contributed by atoms with E-state index in [9.17, 15) is 14.7 Å². The summed E-state index contributed by atoms with van der Waals surface area (Å²) in [5, 5.41) is 12.9. The molecule has 6 unspecified atom stereocenters. The summed E-state index contributed by atoms with van der Waals surface area (Å²) in [5.41, 5.74) is 4.90. The van der Waals surface area contributed by atoms with Crippen molar-refractivity contribution in [3.05, 3.63) is 129 Å². The summed E-state index contributed by atoms with van der Waals surface area (Å²) in [6, 6.07) is 26.9. The number of phenols is 1. The van der Waals surface area contributed by atoms with E-state index in [0.717, 1.165) is 30.2 Å². The number of anilines is 1. The van der Waals surface area contributed by atoms with Crippen molar-refractivity contribution < 1.29 is 33.8 Å². The van der Waals surface area contributed by atoms with Crippen molar-refractivity contribution >= 4 is 52.5 Å². The van der Waals surface area contributed by atoms with Gasteiger partial charge in [0.1, 0.15) is 5.75 Å². The first kappa shape index (κ1) is 39.1. The minimum absolute atomic E-state index is 0.136. The molecule has 3 aliphatic heterocycles. The summed E-state index contributed by atoms with van der Waals surface area (Å²) >= 11 is 12.8. The number of methoxy groups -OCH3 is 2. The van der Waals surface area contributed by atoms with Crippen LogP contribution in [0.5, 0.6) is 17.2 Å². The van der Waals surface area contributed by atoms with Gasteiger partial charge in [-0.1, -0.05) is 83.4 Å². The Bertz CT molecular complexity index is 2370. The number of aromatic hydroxyl groups is 1. The van der Waals surface area contributed by atoms with Crippen LogP contribution in [0, 0.1) is 23.7 Å². The summed E-state index contributed by atoms with van der Waals surface area (Å²) in [6.45, 7) is 2.31. The van der Waals surface area contributed by atoms with Gasteiger partial charge in [0.2, 0.25) is 11.8 Å². The number of imide groups is 2. The number of amides is 4. The van der Waals surface area contributed by atoms with Gasteiger partial charge in [0.05, 0.1) is 48.1 Å². The van der Waals surface area contributed by atoms with Crippen LogP contribution in [0.1, 0.15) is 48.3 Å². The van der Waals surface area contributed by atoms with E-state index >= 15 is 9.59 Å². The standard InChI is InChI=1S/C46H44Cl2N4O7/c1-58-31-12-9-28(10-13-31)46-35(43(55)52(45(46)57)49-37-16-11-29(47)23-36(37)48)24-34-32(41(46)27-8-17-39(59-2)38(53)22-27)14-15-33-40(34)44(56)51(42(33)54)30-18-20-50(21-19-30)25-26-6-4-3-5-7-26/h3-14,16-17,22-23,30,33-35,40-41,49,53H,15,18-21,24-25H2,1-2H3. The summed E-state index contributed by atoms with van der Waals surface area (Å²) < 4.78 is 10.9. The second-order valence-corrected chi connectivity index (χ2v) is 17.0. The zero-order chi connectivity index (χ0) is 41.2. The molecule has 9 rings (SSSR count). The molecule has 4 fully saturated rings. The van der Waals surface area contributed by atoms with Crippen LogP contribution >= 0.6 is 23.2 Å². The molecular formula is C46H44Cl2N4O7. The highest BCUT2D eigenvalue weighted by Crippen LogP contribution is 2.64. The van der Waals surface area contributed by atoms with E-state index in [1.54, 1.807) is 61.7 Å². The summed E-state index contributed by atoms with van der Waals surface area (Å²) in [6.07, 6.45) is 3.80. The van der Waals surface area contributed by atoms with Crippen LogP contribution < -0.4 is 14.9 Å². The Morgan fingerprint density at radius 3 is 2.25 bits per heavy atom. The topological polar surface area (TPSA) is 129 Å². The van der Waals surface area contributed by atoms with Crippen LogP contribution in [0.4, 0.5) is 5.69 Å². The Labute approximate surface area is 352 Å². The van der Waals surface area contributed by atoms with Gasteiger partial charge in [-0.05, 0) is 90.8 Å². The van der Waals surface area contributed by atoms with Gasteiger partial charge in [-0.15, -0.1) is 0 Å². The summed E-state index contributed by atoms with van der Waals surface area (Å²) in [5.74, 6) is -4.43. The summed E-state index contributed by atoms with van der Waals surface area (Å²) in [7, 11) is 3.01. The molecule has 1 saturated carbocycles. The Kier molecular flexibility index (Phi) is 10.2. The second-order valence-electron chi connectivity index (χ2n) is 16.2. The molecule has 0 spiro atoms. The molecule has 0 aromatic heterocycles. The van der Waals surface area contributed by atoms with Crippen molar-refractivity contribution in [2.75, 3.05) is 32.7 Å². The van der Waals surface area contributed by atoms with E-state index in [-0.39, 0.29) is 40.8 Å². The number of ether oxygens (including phenoxy) is 2. The zero-order valence-electron chi connectivity index (χ0n) is 32.6. The molecule has 59 heavy (non-hydrogen) atoms. The number of carbonyl (C=O) groups is 4. The van der Waals surface area contributed by atoms with Gasteiger partial charge in [-0.2, -0.15) is 5.01 Å². The van der Waals surface area contributed by atoms with Gasteiger partial charge in [0, 0.05) is 36.6 Å². The molecule has 4 amide bonds. The van der Waals surface area contributed by atoms with Gasteiger partial charge in [-0.25, -0.2) is 0 Å². The fraction of sp³-hybridized carbons (Fsp3) is 0.348. The SMILES string of the molecule is COc1ccc(C23C(=O)N(Nc4ccc(Cl)cc4Cl)C(=O)C2CC2C(=CCC4C(=O)N(C5CCN(Cc6ccccc6)CC5)C(=O)C42)C3c2ccc(OC)c(O)c2)cc1. The van der Waals surface area contributed by atoms with Crippen molar-refractivity contribution in [3.8, 4) is 17.2 Å². The average Bonchev–Trinajstić information content (AvgIpc) is 3.62. The number of hydrogen-bond acceptors (Lipinski definition) is 9. The molecule has 3 saturated heterocycles.